The van der Waals surface area contributed by atoms with Gasteiger partial charge in [-0.25, -0.2) is 8.78 Å². The van der Waals surface area contributed by atoms with Gasteiger partial charge in [0.25, 0.3) is 5.91 Å². The van der Waals surface area contributed by atoms with E-state index in [1.165, 1.54) is 0 Å². The van der Waals surface area contributed by atoms with Crippen LogP contribution in [0.1, 0.15) is 29.8 Å². The van der Waals surface area contributed by atoms with Crippen LogP contribution < -0.4 is 14.8 Å². The summed E-state index contributed by atoms with van der Waals surface area (Å²) in [6.07, 6.45) is 0. The minimum atomic E-state index is -0.896. The molecule has 0 fully saturated rings. The highest BCUT2D eigenvalue weighted by molar-refractivity contribution is 5.94. The van der Waals surface area contributed by atoms with Crippen molar-refractivity contribution in [3.05, 3.63) is 59.2 Å². The first-order valence-corrected chi connectivity index (χ1v) is 9.23. The van der Waals surface area contributed by atoms with Crippen molar-refractivity contribution in [2.24, 2.45) is 0 Å². The summed E-state index contributed by atoms with van der Waals surface area (Å²) < 4.78 is 37.8. The van der Waals surface area contributed by atoms with Gasteiger partial charge in [-0.05, 0) is 42.9 Å². The second kappa shape index (κ2) is 10.6. The zero-order chi connectivity index (χ0) is 20.5. The maximum absolute atomic E-state index is 13.7. The molecule has 7 heteroatoms. The lowest BCUT2D eigenvalue weighted by Crippen LogP contribution is -2.28. The standard InChI is InChI=1S/C21H26F2N2O3/c1-4-25(5-2)10-11-28-19-9-6-15(12-20(19)27-3)14-24-21(26)17-8-7-16(22)13-18(17)23/h6-9,12-13H,4-5,10-11,14H2,1-3H3,(H,24,26). The Balaban J connectivity index is 1.96. The zero-order valence-corrected chi connectivity index (χ0v) is 16.4. The lowest BCUT2D eigenvalue weighted by molar-refractivity contribution is 0.0946. The topological polar surface area (TPSA) is 50.8 Å². The number of carbonyl (C=O) groups is 1. The number of nitrogens with one attached hydrogen (secondary N) is 1. The number of hydrogen-bond acceptors (Lipinski definition) is 4. The van der Waals surface area contributed by atoms with Crippen molar-refractivity contribution < 1.29 is 23.0 Å². The second-order valence-corrected chi connectivity index (χ2v) is 6.17. The zero-order valence-electron chi connectivity index (χ0n) is 16.4. The fourth-order valence-electron chi connectivity index (χ4n) is 2.72. The van der Waals surface area contributed by atoms with Gasteiger partial charge in [-0.1, -0.05) is 19.9 Å². The first-order valence-electron chi connectivity index (χ1n) is 9.23. The summed E-state index contributed by atoms with van der Waals surface area (Å²) in [4.78, 5) is 14.4. The minimum Gasteiger partial charge on any atom is -0.493 e. The van der Waals surface area contributed by atoms with Gasteiger partial charge in [-0.3, -0.25) is 4.79 Å². The predicted octanol–water partition coefficient (Wildman–Crippen LogP) is 3.62. The number of nitrogens with zero attached hydrogens (tertiary/aromatic N) is 1. The van der Waals surface area contributed by atoms with E-state index >= 15 is 0 Å². The molecular weight excluding hydrogens is 366 g/mol. The smallest absolute Gasteiger partial charge is 0.254 e. The molecule has 28 heavy (non-hydrogen) atoms. The van der Waals surface area contributed by atoms with Crippen LogP contribution in [-0.4, -0.2) is 44.2 Å². The molecule has 0 heterocycles. The van der Waals surface area contributed by atoms with Gasteiger partial charge in [0.15, 0.2) is 11.5 Å². The van der Waals surface area contributed by atoms with Crippen LogP contribution in [0.2, 0.25) is 0 Å². The van der Waals surface area contributed by atoms with Crippen LogP contribution in [0.3, 0.4) is 0 Å². The molecule has 0 saturated heterocycles. The van der Waals surface area contributed by atoms with Gasteiger partial charge < -0.3 is 19.7 Å². The summed E-state index contributed by atoms with van der Waals surface area (Å²) in [6.45, 7) is 7.66. The van der Waals surface area contributed by atoms with Crippen molar-refractivity contribution in [1.29, 1.82) is 0 Å². The minimum absolute atomic E-state index is 0.172. The highest BCUT2D eigenvalue weighted by Crippen LogP contribution is 2.28. The number of carbonyl (C=O) groups excluding carboxylic acids is 1. The van der Waals surface area contributed by atoms with Crippen LogP contribution in [-0.2, 0) is 6.54 Å². The predicted molar refractivity (Wildman–Crippen MR) is 104 cm³/mol. The molecule has 2 aromatic carbocycles. The molecule has 1 N–H and O–H groups in total. The van der Waals surface area contributed by atoms with Crippen molar-refractivity contribution in [2.45, 2.75) is 20.4 Å². The summed E-state index contributed by atoms with van der Waals surface area (Å²) in [5, 5.41) is 2.62. The number of likely N-dealkylation sites (N-methyl/N-ethyl adjacent to an activating group) is 1. The molecule has 0 unspecified atom stereocenters. The second-order valence-electron chi connectivity index (χ2n) is 6.17. The lowest BCUT2D eigenvalue weighted by atomic mass is 10.1. The van der Waals surface area contributed by atoms with Gasteiger partial charge in [0.05, 0.1) is 12.7 Å². The average Bonchev–Trinajstić information content (AvgIpc) is 2.69. The Hall–Kier alpha value is -2.67. The van der Waals surface area contributed by atoms with Crippen molar-refractivity contribution in [3.63, 3.8) is 0 Å². The average molecular weight is 392 g/mol. The molecule has 0 aliphatic heterocycles. The van der Waals surface area contributed by atoms with E-state index in [-0.39, 0.29) is 12.1 Å². The normalized spacial score (nSPS) is 10.8. The molecule has 0 radical (unpaired) electrons. The van der Waals surface area contributed by atoms with Crippen LogP contribution in [0.4, 0.5) is 8.78 Å². The maximum atomic E-state index is 13.7. The molecule has 2 rings (SSSR count). The monoisotopic (exact) mass is 392 g/mol. The van der Waals surface area contributed by atoms with Crippen molar-refractivity contribution in [1.82, 2.24) is 10.2 Å². The van der Waals surface area contributed by atoms with E-state index in [9.17, 15) is 13.6 Å². The quantitative estimate of drug-likeness (QED) is 0.671. The number of benzene rings is 2. The van der Waals surface area contributed by atoms with Gasteiger partial charge >= 0.3 is 0 Å². The Labute approximate surface area is 164 Å². The third-order valence-corrected chi connectivity index (χ3v) is 4.42. The lowest BCUT2D eigenvalue weighted by Gasteiger charge is -2.19. The Morgan fingerprint density at radius 1 is 1.07 bits per heavy atom. The third-order valence-electron chi connectivity index (χ3n) is 4.42. The van der Waals surface area contributed by atoms with Gasteiger partial charge in [0.1, 0.15) is 18.2 Å². The summed E-state index contributed by atoms with van der Waals surface area (Å²) in [7, 11) is 1.54. The first kappa shape index (κ1) is 21.6. The molecule has 0 spiro atoms. The van der Waals surface area contributed by atoms with E-state index in [1.54, 1.807) is 25.3 Å². The molecule has 0 atom stereocenters. The molecule has 152 valence electrons. The molecule has 0 aliphatic carbocycles. The largest absolute Gasteiger partial charge is 0.493 e. The molecule has 2 aromatic rings. The van der Waals surface area contributed by atoms with E-state index in [0.29, 0.717) is 24.2 Å². The molecule has 0 bridgehead atoms. The summed E-state index contributed by atoms with van der Waals surface area (Å²) in [6, 6.07) is 8.19. The van der Waals surface area contributed by atoms with Crippen LogP contribution in [0.5, 0.6) is 11.5 Å². The van der Waals surface area contributed by atoms with Crippen molar-refractivity contribution in [2.75, 3.05) is 33.4 Å². The van der Waals surface area contributed by atoms with Gasteiger partial charge in [0, 0.05) is 19.2 Å². The highest BCUT2D eigenvalue weighted by atomic mass is 19.1. The summed E-state index contributed by atoms with van der Waals surface area (Å²) >= 11 is 0. The Morgan fingerprint density at radius 2 is 1.82 bits per heavy atom. The molecule has 5 nitrogen and oxygen atoms in total. The van der Waals surface area contributed by atoms with E-state index in [0.717, 1.165) is 37.3 Å². The number of halogens is 2. The summed E-state index contributed by atoms with van der Waals surface area (Å²) in [5.41, 5.74) is 0.563. The number of ether oxygens (including phenoxy) is 2. The molecule has 0 aliphatic rings. The van der Waals surface area contributed by atoms with E-state index in [1.807, 2.05) is 0 Å². The fraction of sp³-hybridized carbons (Fsp3) is 0.381. The fourth-order valence-corrected chi connectivity index (χ4v) is 2.72. The van der Waals surface area contributed by atoms with Crippen molar-refractivity contribution in [3.8, 4) is 11.5 Å². The van der Waals surface area contributed by atoms with Crippen LogP contribution >= 0.6 is 0 Å². The number of methoxy groups -OCH3 is 1. The highest BCUT2D eigenvalue weighted by Gasteiger charge is 2.13. The first-order chi connectivity index (χ1) is 13.5. The SMILES string of the molecule is CCN(CC)CCOc1ccc(CNC(=O)c2ccc(F)cc2F)cc1OC. The van der Waals surface area contributed by atoms with Gasteiger partial charge in [0.2, 0.25) is 0 Å². The Bertz CT molecular complexity index is 795. The van der Waals surface area contributed by atoms with Crippen LogP contribution in [0.15, 0.2) is 36.4 Å². The molecule has 1 amide bonds. The third kappa shape index (κ3) is 5.92. The molecule has 0 aromatic heterocycles. The van der Waals surface area contributed by atoms with E-state index < -0.39 is 17.5 Å². The maximum Gasteiger partial charge on any atom is 0.254 e. The number of amides is 1. The van der Waals surface area contributed by atoms with Crippen LogP contribution in [0.25, 0.3) is 0 Å². The van der Waals surface area contributed by atoms with E-state index in [2.05, 4.69) is 24.1 Å². The van der Waals surface area contributed by atoms with Gasteiger partial charge in [-0.15, -0.1) is 0 Å². The molecule has 0 saturated carbocycles. The van der Waals surface area contributed by atoms with Crippen molar-refractivity contribution >= 4 is 5.91 Å². The number of hydrogen-bond donors (Lipinski definition) is 1. The molecular formula is C21H26F2N2O3. The van der Waals surface area contributed by atoms with Gasteiger partial charge in [-0.2, -0.15) is 0 Å². The van der Waals surface area contributed by atoms with E-state index in [4.69, 9.17) is 9.47 Å². The van der Waals surface area contributed by atoms with Crippen LogP contribution in [0, 0.1) is 11.6 Å². The Kier molecular flexibility index (Phi) is 8.19. The Morgan fingerprint density at radius 3 is 2.46 bits per heavy atom. The summed E-state index contributed by atoms with van der Waals surface area (Å²) in [5.74, 6) is -1.06. The number of rotatable bonds is 10.